The predicted molar refractivity (Wildman–Crippen MR) is 68.0 cm³/mol. The number of hydrogen-bond acceptors (Lipinski definition) is 1. The number of nitrogens with zero attached hydrogens (tertiary/aromatic N) is 1. The quantitative estimate of drug-likeness (QED) is 0.898. The number of H-pyrrole nitrogens is 1. The molecule has 0 saturated carbocycles. The van der Waals surface area contributed by atoms with E-state index in [2.05, 4.69) is 21.0 Å². The minimum absolute atomic E-state index is 0.0647. The van der Waals surface area contributed by atoms with Crippen molar-refractivity contribution in [2.45, 2.75) is 19.6 Å². The van der Waals surface area contributed by atoms with E-state index in [9.17, 15) is 18.0 Å². The number of nitrogens with one attached hydrogen (secondary N) is 1. The van der Waals surface area contributed by atoms with Crippen LogP contribution in [-0.4, -0.2) is 9.78 Å². The fraction of sp³-hybridized carbons (Fsp3) is 0.250. The highest BCUT2D eigenvalue weighted by molar-refractivity contribution is 9.10. The molecular formula is C12H10BrF3N2O. The van der Waals surface area contributed by atoms with Crippen molar-refractivity contribution in [1.29, 1.82) is 0 Å². The Labute approximate surface area is 115 Å². The number of hydrogen-bond donors (Lipinski definition) is 1. The van der Waals surface area contributed by atoms with Gasteiger partial charge in [0.2, 0.25) is 0 Å². The van der Waals surface area contributed by atoms with Crippen LogP contribution in [0.5, 0.6) is 0 Å². The molecule has 0 saturated heterocycles. The summed E-state index contributed by atoms with van der Waals surface area (Å²) in [4.78, 5) is 11.7. The fourth-order valence-electron chi connectivity index (χ4n) is 1.78. The Morgan fingerprint density at radius 1 is 1.37 bits per heavy atom. The summed E-state index contributed by atoms with van der Waals surface area (Å²) >= 11 is 3.27. The molecule has 0 aliphatic rings. The first-order valence-corrected chi connectivity index (χ1v) is 6.19. The first-order valence-electron chi connectivity index (χ1n) is 5.40. The maximum absolute atomic E-state index is 12.7. The van der Waals surface area contributed by atoms with Gasteiger partial charge in [-0.2, -0.15) is 13.2 Å². The highest BCUT2D eigenvalue weighted by Crippen LogP contribution is 2.28. The molecule has 102 valence electrons. The van der Waals surface area contributed by atoms with E-state index in [1.165, 1.54) is 6.92 Å². The Kier molecular flexibility index (Phi) is 3.58. The lowest BCUT2D eigenvalue weighted by Gasteiger charge is -2.05. The Hall–Kier alpha value is -1.50. The predicted octanol–water partition coefficient (Wildman–Crippen LogP) is 3.31. The van der Waals surface area contributed by atoms with Gasteiger partial charge in [-0.3, -0.25) is 9.89 Å². The fourth-order valence-corrected chi connectivity index (χ4v) is 2.23. The molecule has 0 atom stereocenters. The molecule has 3 nitrogen and oxygen atoms in total. The maximum Gasteiger partial charge on any atom is 0.433 e. The maximum atomic E-state index is 12.7. The third-order valence-corrected chi connectivity index (χ3v) is 3.19. The first kappa shape index (κ1) is 13.9. The van der Waals surface area contributed by atoms with Crippen molar-refractivity contribution >= 4 is 15.9 Å². The standard InChI is InChI=1S/C12H10BrF3N2O/c1-7-10(12(14,15)16)17-18(11(7)19)6-8-3-2-4-9(13)5-8/h2-5,17H,6H2,1H3. The third kappa shape index (κ3) is 2.91. The van der Waals surface area contributed by atoms with Crippen molar-refractivity contribution < 1.29 is 13.2 Å². The summed E-state index contributed by atoms with van der Waals surface area (Å²) in [7, 11) is 0. The molecule has 1 aromatic carbocycles. The first-order chi connectivity index (χ1) is 8.79. The van der Waals surface area contributed by atoms with Crippen LogP contribution in [0.25, 0.3) is 0 Å². The van der Waals surface area contributed by atoms with Gasteiger partial charge in [0.15, 0.2) is 0 Å². The van der Waals surface area contributed by atoms with Crippen molar-refractivity contribution in [2.75, 3.05) is 0 Å². The lowest BCUT2D eigenvalue weighted by molar-refractivity contribution is -0.141. The molecule has 0 bridgehead atoms. The highest BCUT2D eigenvalue weighted by Gasteiger charge is 2.36. The lowest BCUT2D eigenvalue weighted by Crippen LogP contribution is -2.18. The van der Waals surface area contributed by atoms with E-state index in [-0.39, 0.29) is 12.1 Å². The topological polar surface area (TPSA) is 37.8 Å². The normalized spacial score (nSPS) is 11.8. The molecule has 19 heavy (non-hydrogen) atoms. The largest absolute Gasteiger partial charge is 0.433 e. The van der Waals surface area contributed by atoms with E-state index < -0.39 is 17.4 Å². The molecular weight excluding hydrogens is 325 g/mol. The molecule has 0 radical (unpaired) electrons. The number of aromatic nitrogens is 2. The minimum atomic E-state index is -4.55. The van der Waals surface area contributed by atoms with Crippen molar-refractivity contribution in [2.24, 2.45) is 0 Å². The van der Waals surface area contributed by atoms with E-state index in [1.54, 1.807) is 24.3 Å². The number of alkyl halides is 3. The van der Waals surface area contributed by atoms with Crippen molar-refractivity contribution in [3.8, 4) is 0 Å². The van der Waals surface area contributed by atoms with Crippen molar-refractivity contribution in [3.63, 3.8) is 0 Å². The molecule has 2 aromatic rings. The molecule has 2 rings (SSSR count). The van der Waals surface area contributed by atoms with Crippen molar-refractivity contribution in [3.05, 3.63) is 55.9 Å². The SMILES string of the molecule is Cc1c(C(F)(F)F)[nH]n(Cc2cccc(Br)c2)c1=O. The minimum Gasteiger partial charge on any atom is -0.291 e. The van der Waals surface area contributed by atoms with E-state index in [4.69, 9.17) is 0 Å². The zero-order valence-corrected chi connectivity index (χ0v) is 11.5. The van der Waals surface area contributed by atoms with Gasteiger partial charge < -0.3 is 0 Å². The summed E-state index contributed by atoms with van der Waals surface area (Å²) in [6.07, 6.45) is -4.55. The summed E-state index contributed by atoms with van der Waals surface area (Å²) in [6.45, 7) is 1.23. The third-order valence-electron chi connectivity index (χ3n) is 2.70. The van der Waals surface area contributed by atoms with E-state index >= 15 is 0 Å². The zero-order valence-electron chi connectivity index (χ0n) is 9.88. The summed E-state index contributed by atoms with van der Waals surface area (Å²) in [6, 6.07) is 7.04. The van der Waals surface area contributed by atoms with Crippen LogP contribution in [-0.2, 0) is 12.7 Å². The highest BCUT2D eigenvalue weighted by atomic mass is 79.9. The molecule has 0 aliphatic heterocycles. The van der Waals surface area contributed by atoms with Gasteiger partial charge in [0.1, 0.15) is 5.69 Å². The second-order valence-corrected chi connectivity index (χ2v) is 5.05. The van der Waals surface area contributed by atoms with Crippen LogP contribution in [0.4, 0.5) is 13.2 Å². The lowest BCUT2D eigenvalue weighted by atomic mass is 10.2. The zero-order chi connectivity index (χ0) is 14.2. The van der Waals surface area contributed by atoms with E-state index in [1.807, 2.05) is 0 Å². The summed E-state index contributed by atoms with van der Waals surface area (Å²) in [5.74, 6) is 0. The van der Waals surface area contributed by atoms with Gasteiger partial charge in [-0.05, 0) is 24.6 Å². The second kappa shape index (κ2) is 4.88. The van der Waals surface area contributed by atoms with Crippen LogP contribution >= 0.6 is 15.9 Å². The summed E-state index contributed by atoms with van der Waals surface area (Å²) < 4.78 is 39.7. The molecule has 1 aromatic heterocycles. The monoisotopic (exact) mass is 334 g/mol. The molecule has 0 fully saturated rings. The summed E-state index contributed by atoms with van der Waals surface area (Å²) in [5.41, 5.74) is -1.24. The number of halogens is 4. The molecule has 0 aliphatic carbocycles. The smallest absolute Gasteiger partial charge is 0.291 e. The van der Waals surface area contributed by atoms with Gasteiger partial charge >= 0.3 is 6.18 Å². The van der Waals surface area contributed by atoms with Gasteiger partial charge in [-0.1, -0.05) is 28.1 Å². The number of rotatable bonds is 2. The van der Waals surface area contributed by atoms with E-state index in [0.29, 0.717) is 0 Å². The van der Waals surface area contributed by atoms with Gasteiger partial charge in [0, 0.05) is 10.0 Å². The Bertz CT molecular complexity index is 658. The average molecular weight is 335 g/mol. The Morgan fingerprint density at radius 2 is 2.05 bits per heavy atom. The second-order valence-electron chi connectivity index (χ2n) is 4.13. The molecule has 0 amide bonds. The average Bonchev–Trinajstić information content (AvgIpc) is 2.57. The molecule has 1 N–H and O–H groups in total. The van der Waals surface area contributed by atoms with Crippen LogP contribution in [0.15, 0.2) is 33.5 Å². The van der Waals surface area contributed by atoms with Crippen molar-refractivity contribution in [1.82, 2.24) is 9.78 Å². The van der Waals surface area contributed by atoms with Crippen LogP contribution < -0.4 is 5.56 Å². The van der Waals surface area contributed by atoms with Gasteiger partial charge in [-0.15, -0.1) is 0 Å². The number of benzene rings is 1. The molecule has 1 heterocycles. The van der Waals surface area contributed by atoms with Crippen LogP contribution in [0.2, 0.25) is 0 Å². The van der Waals surface area contributed by atoms with Gasteiger partial charge in [0.25, 0.3) is 5.56 Å². The number of aromatic amines is 1. The molecule has 0 spiro atoms. The van der Waals surface area contributed by atoms with Gasteiger partial charge in [0.05, 0.1) is 6.54 Å². The Balaban J connectivity index is 2.40. The molecule has 7 heteroatoms. The van der Waals surface area contributed by atoms with Crippen LogP contribution in [0.3, 0.4) is 0 Å². The summed E-state index contributed by atoms with van der Waals surface area (Å²) in [5, 5.41) is 2.12. The van der Waals surface area contributed by atoms with Crippen LogP contribution in [0.1, 0.15) is 16.8 Å². The van der Waals surface area contributed by atoms with Crippen LogP contribution in [0, 0.1) is 6.92 Å². The molecule has 0 unspecified atom stereocenters. The Morgan fingerprint density at radius 3 is 2.58 bits per heavy atom. The van der Waals surface area contributed by atoms with Gasteiger partial charge in [-0.25, -0.2) is 4.68 Å². The van der Waals surface area contributed by atoms with E-state index in [0.717, 1.165) is 14.7 Å².